The van der Waals surface area contributed by atoms with Gasteiger partial charge in [-0.05, 0) is 13.8 Å². The monoisotopic (exact) mass is 265 g/mol. The van der Waals surface area contributed by atoms with Crippen molar-refractivity contribution >= 4 is 17.5 Å². The molecule has 0 unspecified atom stereocenters. The molecule has 2 aromatic heterocycles. The molecule has 0 fully saturated rings. The Morgan fingerprint density at radius 1 is 1.33 bits per heavy atom. The summed E-state index contributed by atoms with van der Waals surface area (Å²) in [5.74, 6) is 0.122. The summed E-state index contributed by atoms with van der Waals surface area (Å²) in [7, 11) is 0. The predicted octanol–water partition coefficient (Wildman–Crippen LogP) is 1.52. The minimum atomic E-state index is -0.313. The minimum Gasteiger partial charge on any atom is -0.368 e. The highest BCUT2D eigenvalue weighted by atomic mass is 35.5. The van der Waals surface area contributed by atoms with Gasteiger partial charge in [0.25, 0.3) is 0 Å². The van der Waals surface area contributed by atoms with Crippen molar-refractivity contribution in [2.45, 2.75) is 19.9 Å². The number of hydrogen-bond donors (Lipinski definition) is 1. The number of nitrogens with zero attached hydrogens (tertiary/aromatic N) is 4. The van der Waals surface area contributed by atoms with E-state index in [1.54, 1.807) is 6.20 Å². The Morgan fingerprint density at radius 3 is 2.72 bits per heavy atom. The molecule has 0 aliphatic rings. The molecular weight excluding hydrogens is 254 g/mol. The molecule has 0 aromatic carbocycles. The second kappa shape index (κ2) is 4.73. The second-order valence-electron chi connectivity index (χ2n) is 4.05. The van der Waals surface area contributed by atoms with Crippen LogP contribution < -0.4 is 11.4 Å². The van der Waals surface area contributed by atoms with Crippen LogP contribution in [0.5, 0.6) is 0 Å². The summed E-state index contributed by atoms with van der Waals surface area (Å²) >= 11 is 6.01. The maximum absolute atomic E-state index is 11.6. The van der Waals surface area contributed by atoms with Crippen LogP contribution in [0, 0.1) is 0 Å². The molecule has 94 valence electrons. The molecule has 7 heteroatoms. The van der Waals surface area contributed by atoms with Crippen molar-refractivity contribution < 1.29 is 0 Å². The Labute approximate surface area is 108 Å². The van der Waals surface area contributed by atoms with Crippen molar-refractivity contribution in [1.29, 1.82) is 0 Å². The molecule has 0 spiro atoms. The number of nitrogen functional groups attached to an aromatic ring is 1. The van der Waals surface area contributed by atoms with E-state index in [9.17, 15) is 4.79 Å². The Bertz CT molecular complexity index is 638. The molecule has 2 aromatic rings. The van der Waals surface area contributed by atoms with Gasteiger partial charge in [0, 0.05) is 24.0 Å². The summed E-state index contributed by atoms with van der Waals surface area (Å²) < 4.78 is 1.50. The summed E-state index contributed by atoms with van der Waals surface area (Å²) in [6.45, 7) is 3.78. The molecule has 0 radical (unpaired) electrons. The van der Waals surface area contributed by atoms with Crippen molar-refractivity contribution in [3.63, 3.8) is 0 Å². The zero-order chi connectivity index (χ0) is 13.3. The molecule has 0 aliphatic carbocycles. The number of rotatable bonds is 2. The van der Waals surface area contributed by atoms with Gasteiger partial charge in [0.2, 0.25) is 5.95 Å². The van der Waals surface area contributed by atoms with Gasteiger partial charge >= 0.3 is 5.69 Å². The van der Waals surface area contributed by atoms with Crippen LogP contribution in [0.1, 0.15) is 19.9 Å². The maximum Gasteiger partial charge on any atom is 0.347 e. The van der Waals surface area contributed by atoms with Crippen molar-refractivity contribution in [2.24, 2.45) is 0 Å². The first-order valence-corrected chi connectivity index (χ1v) is 5.73. The number of anilines is 1. The summed E-state index contributed by atoms with van der Waals surface area (Å²) in [6.07, 6.45) is 4.51. The summed E-state index contributed by atoms with van der Waals surface area (Å²) in [6, 6.07) is 0.00269. The van der Waals surface area contributed by atoms with Crippen LogP contribution in [0.2, 0.25) is 5.02 Å². The molecule has 2 N–H and O–H groups in total. The lowest BCUT2D eigenvalue weighted by Crippen LogP contribution is -2.23. The first kappa shape index (κ1) is 12.5. The molecule has 2 heterocycles. The lowest BCUT2D eigenvalue weighted by Gasteiger charge is -2.10. The molecule has 6 nitrogen and oxygen atoms in total. The first-order chi connectivity index (χ1) is 8.49. The molecule has 18 heavy (non-hydrogen) atoms. The van der Waals surface area contributed by atoms with Gasteiger partial charge in [0.1, 0.15) is 0 Å². The number of nitrogens with two attached hydrogens (primary N) is 1. The van der Waals surface area contributed by atoms with E-state index in [1.165, 1.54) is 17.0 Å². The normalized spacial score (nSPS) is 10.9. The highest BCUT2D eigenvalue weighted by molar-refractivity contribution is 6.32. The van der Waals surface area contributed by atoms with E-state index in [0.29, 0.717) is 16.3 Å². The van der Waals surface area contributed by atoms with Crippen molar-refractivity contribution in [3.05, 3.63) is 34.1 Å². The smallest absolute Gasteiger partial charge is 0.347 e. The molecule has 0 saturated carbocycles. The van der Waals surface area contributed by atoms with E-state index >= 15 is 0 Å². The standard InChI is InChI=1S/C11H12ClN5O/c1-6(2)17-5-7(3-15-11(17)18)9-8(12)4-14-10(13)16-9/h3-6H,1-2H3,(H2,13,14,16). The maximum atomic E-state index is 11.6. The third kappa shape index (κ3) is 2.33. The highest BCUT2D eigenvalue weighted by Crippen LogP contribution is 2.24. The topological polar surface area (TPSA) is 86.7 Å². The predicted molar refractivity (Wildman–Crippen MR) is 69.3 cm³/mol. The van der Waals surface area contributed by atoms with E-state index in [1.807, 2.05) is 13.8 Å². The minimum absolute atomic E-state index is 0.00269. The number of hydrogen-bond acceptors (Lipinski definition) is 5. The zero-order valence-electron chi connectivity index (χ0n) is 9.96. The second-order valence-corrected chi connectivity index (χ2v) is 4.46. The summed E-state index contributed by atoms with van der Waals surface area (Å²) in [5, 5.41) is 0.361. The van der Waals surface area contributed by atoms with Crippen LogP contribution in [0.3, 0.4) is 0 Å². The Balaban J connectivity index is 2.61. The largest absolute Gasteiger partial charge is 0.368 e. The first-order valence-electron chi connectivity index (χ1n) is 5.35. The molecule has 2 rings (SSSR count). The quantitative estimate of drug-likeness (QED) is 0.889. The summed E-state index contributed by atoms with van der Waals surface area (Å²) in [5.41, 5.74) is 6.30. The average Bonchev–Trinajstić information content (AvgIpc) is 2.33. The van der Waals surface area contributed by atoms with Gasteiger partial charge in [-0.15, -0.1) is 0 Å². The lowest BCUT2D eigenvalue weighted by atomic mass is 10.2. The van der Waals surface area contributed by atoms with E-state index in [2.05, 4.69) is 15.0 Å². The van der Waals surface area contributed by atoms with Crippen LogP contribution in [0.25, 0.3) is 11.3 Å². The zero-order valence-corrected chi connectivity index (χ0v) is 10.7. The van der Waals surface area contributed by atoms with Gasteiger partial charge in [-0.25, -0.2) is 19.7 Å². The van der Waals surface area contributed by atoms with Gasteiger partial charge in [-0.1, -0.05) is 11.6 Å². The van der Waals surface area contributed by atoms with Crippen molar-refractivity contribution in [3.8, 4) is 11.3 Å². The fourth-order valence-electron chi connectivity index (χ4n) is 1.51. The third-order valence-corrected chi connectivity index (χ3v) is 2.68. The van der Waals surface area contributed by atoms with Gasteiger partial charge in [-0.2, -0.15) is 0 Å². The van der Waals surface area contributed by atoms with E-state index in [-0.39, 0.29) is 17.7 Å². The Kier molecular flexibility index (Phi) is 3.29. The Hall–Kier alpha value is -1.95. The fourth-order valence-corrected chi connectivity index (χ4v) is 1.71. The fraction of sp³-hybridized carbons (Fsp3) is 0.273. The third-order valence-electron chi connectivity index (χ3n) is 2.41. The summed E-state index contributed by atoms with van der Waals surface area (Å²) in [4.78, 5) is 23.2. The number of aromatic nitrogens is 4. The lowest BCUT2D eigenvalue weighted by molar-refractivity contribution is 0.564. The van der Waals surface area contributed by atoms with Crippen LogP contribution >= 0.6 is 11.6 Å². The molecule has 0 amide bonds. The van der Waals surface area contributed by atoms with Crippen LogP contribution in [0.4, 0.5) is 5.95 Å². The van der Waals surface area contributed by atoms with Crippen LogP contribution in [-0.2, 0) is 0 Å². The van der Waals surface area contributed by atoms with Crippen LogP contribution in [-0.4, -0.2) is 19.5 Å². The Morgan fingerprint density at radius 2 is 2.06 bits per heavy atom. The molecule has 0 saturated heterocycles. The highest BCUT2D eigenvalue weighted by Gasteiger charge is 2.10. The average molecular weight is 266 g/mol. The van der Waals surface area contributed by atoms with E-state index < -0.39 is 0 Å². The van der Waals surface area contributed by atoms with Crippen molar-refractivity contribution in [1.82, 2.24) is 19.5 Å². The molecule has 0 atom stereocenters. The van der Waals surface area contributed by atoms with E-state index in [4.69, 9.17) is 17.3 Å². The number of halogens is 1. The van der Waals surface area contributed by atoms with Crippen molar-refractivity contribution in [2.75, 3.05) is 5.73 Å². The molecule has 0 bridgehead atoms. The van der Waals surface area contributed by atoms with Crippen LogP contribution in [0.15, 0.2) is 23.4 Å². The van der Waals surface area contributed by atoms with Gasteiger partial charge in [0.15, 0.2) is 0 Å². The van der Waals surface area contributed by atoms with Gasteiger partial charge in [-0.3, -0.25) is 4.57 Å². The van der Waals surface area contributed by atoms with E-state index in [0.717, 1.165) is 0 Å². The SMILES string of the molecule is CC(C)n1cc(-c2nc(N)ncc2Cl)cnc1=O. The van der Waals surface area contributed by atoms with Gasteiger partial charge in [0.05, 0.1) is 16.9 Å². The molecular formula is C11H12ClN5O. The molecule has 0 aliphatic heterocycles. The van der Waals surface area contributed by atoms with Gasteiger partial charge < -0.3 is 5.73 Å².